The van der Waals surface area contributed by atoms with E-state index < -0.39 is 12.1 Å². The van der Waals surface area contributed by atoms with Crippen LogP contribution in [0.5, 0.6) is 0 Å². The van der Waals surface area contributed by atoms with Crippen LogP contribution in [0, 0.1) is 5.92 Å². The van der Waals surface area contributed by atoms with Gasteiger partial charge >= 0.3 is 11.9 Å². The van der Waals surface area contributed by atoms with Crippen molar-refractivity contribution in [1.82, 2.24) is 5.32 Å². The van der Waals surface area contributed by atoms with Gasteiger partial charge in [-0.15, -0.1) is 0 Å². The molecule has 8 heteroatoms. The molecule has 45 heavy (non-hydrogen) atoms. The normalized spacial score (nSPS) is 13.4. The van der Waals surface area contributed by atoms with Gasteiger partial charge in [-0.1, -0.05) is 130 Å². The molecule has 0 saturated heterocycles. The Bertz CT molecular complexity index is 721. The molecule has 0 saturated carbocycles. The Kier molecular flexibility index (Phi) is 30.4. The van der Waals surface area contributed by atoms with E-state index in [1.807, 2.05) is 6.92 Å². The molecule has 0 aromatic rings. The molecule has 3 N–H and O–H groups in total. The van der Waals surface area contributed by atoms with Crippen molar-refractivity contribution in [3.8, 4) is 0 Å². The Hall–Kier alpha value is -1.28. The molecular weight excluding hydrogens is 584 g/mol. The minimum atomic E-state index is -0.649. The zero-order chi connectivity index (χ0) is 33.5. The van der Waals surface area contributed by atoms with Crippen molar-refractivity contribution in [3.05, 3.63) is 0 Å². The Morgan fingerprint density at radius 1 is 0.644 bits per heavy atom. The molecule has 3 atom stereocenters. The molecule has 0 rings (SSSR count). The van der Waals surface area contributed by atoms with Crippen molar-refractivity contribution in [3.63, 3.8) is 0 Å². The van der Waals surface area contributed by atoms with E-state index in [0.717, 1.165) is 51.4 Å². The molecule has 1 amide bonds. The number of ether oxygens (including phenoxy) is 2. The van der Waals surface area contributed by atoms with Crippen molar-refractivity contribution in [2.24, 2.45) is 11.7 Å². The van der Waals surface area contributed by atoms with Gasteiger partial charge in [-0.25, -0.2) is 0 Å². The number of rotatable bonds is 32. The second-order valence-corrected chi connectivity index (χ2v) is 14.6. The van der Waals surface area contributed by atoms with Gasteiger partial charge in [0, 0.05) is 30.4 Å². The number of esters is 2. The summed E-state index contributed by atoms with van der Waals surface area (Å²) in [4.78, 5) is 37.6. The highest BCUT2D eigenvalue weighted by atomic mass is 32.2. The lowest BCUT2D eigenvalue weighted by atomic mass is 10.0. The summed E-state index contributed by atoms with van der Waals surface area (Å²) >= 11 is 1.46. The van der Waals surface area contributed by atoms with Crippen LogP contribution in [0.2, 0.25) is 0 Å². The van der Waals surface area contributed by atoms with Gasteiger partial charge in [-0.2, -0.15) is 11.8 Å². The summed E-state index contributed by atoms with van der Waals surface area (Å²) in [6, 6.07) is -0.570. The lowest BCUT2D eigenvalue weighted by Gasteiger charge is -2.20. The fourth-order valence-electron chi connectivity index (χ4n) is 5.19. The maximum Gasteiger partial charge on any atom is 0.306 e. The molecule has 0 bridgehead atoms. The second-order valence-electron chi connectivity index (χ2n) is 13.5. The summed E-state index contributed by atoms with van der Waals surface area (Å²) in [6.07, 6.45) is 23.6. The van der Waals surface area contributed by atoms with Gasteiger partial charge in [0.1, 0.15) is 12.7 Å². The number of carbonyl (C=O) groups excluding carboxylic acids is 3. The number of carbonyl (C=O) groups is 3. The fourth-order valence-corrected chi connectivity index (χ4v) is 6.16. The predicted octanol–water partition coefficient (Wildman–Crippen LogP) is 9.28. The molecule has 0 aliphatic heterocycles. The lowest BCUT2D eigenvalue weighted by Crippen LogP contribution is -2.46. The summed E-state index contributed by atoms with van der Waals surface area (Å²) in [5.74, 6) is 0.770. The molecular formula is C37H72N2O5S. The van der Waals surface area contributed by atoms with Crippen molar-refractivity contribution in [1.29, 1.82) is 0 Å². The van der Waals surface area contributed by atoms with E-state index in [2.05, 4.69) is 33.0 Å². The largest absolute Gasteiger partial charge is 0.462 e. The van der Waals surface area contributed by atoms with Crippen molar-refractivity contribution >= 4 is 29.6 Å². The maximum atomic E-state index is 12.6. The van der Waals surface area contributed by atoms with Crippen LogP contribution >= 0.6 is 11.8 Å². The van der Waals surface area contributed by atoms with Gasteiger partial charge in [0.05, 0.1) is 6.04 Å². The van der Waals surface area contributed by atoms with Gasteiger partial charge in [0.25, 0.3) is 0 Å². The average Bonchev–Trinajstić information content (AvgIpc) is 3.00. The Balaban J connectivity index is 4.54. The third kappa shape index (κ3) is 29.8. The van der Waals surface area contributed by atoms with Gasteiger partial charge in [-0.05, 0) is 38.5 Å². The highest BCUT2D eigenvalue weighted by Gasteiger charge is 2.20. The Labute approximate surface area is 282 Å². The molecule has 0 fully saturated rings. The molecule has 0 spiro atoms. The first-order valence-corrected chi connectivity index (χ1v) is 19.8. The average molecular weight is 657 g/mol. The van der Waals surface area contributed by atoms with Gasteiger partial charge < -0.3 is 20.5 Å². The summed E-state index contributed by atoms with van der Waals surface area (Å²) < 4.78 is 11.3. The van der Waals surface area contributed by atoms with E-state index in [-0.39, 0.29) is 30.5 Å². The number of thioether (sulfide) groups is 1. The summed E-state index contributed by atoms with van der Waals surface area (Å²) in [5.41, 5.74) is 6.16. The number of unbranched alkanes of at least 4 members (excludes halogenated alkanes) is 16. The molecule has 7 nitrogen and oxygen atoms in total. The first-order valence-electron chi connectivity index (χ1n) is 18.7. The van der Waals surface area contributed by atoms with Crippen LogP contribution in [0.4, 0.5) is 0 Å². The zero-order valence-corrected chi connectivity index (χ0v) is 30.8. The van der Waals surface area contributed by atoms with Crippen molar-refractivity contribution in [2.75, 3.05) is 18.1 Å². The van der Waals surface area contributed by atoms with Crippen molar-refractivity contribution in [2.45, 2.75) is 194 Å². The van der Waals surface area contributed by atoms with E-state index in [1.54, 1.807) is 0 Å². The topological polar surface area (TPSA) is 108 Å². The fraction of sp³-hybridized carbons (Fsp3) is 0.919. The highest BCUT2D eigenvalue weighted by molar-refractivity contribution is 7.99. The number of nitrogens with one attached hydrogen (secondary N) is 1. The quantitative estimate of drug-likeness (QED) is 0.0549. The highest BCUT2D eigenvalue weighted by Crippen LogP contribution is 2.15. The van der Waals surface area contributed by atoms with E-state index in [4.69, 9.17) is 15.2 Å². The Morgan fingerprint density at radius 2 is 1.11 bits per heavy atom. The van der Waals surface area contributed by atoms with Crippen LogP contribution < -0.4 is 11.1 Å². The van der Waals surface area contributed by atoms with Crippen LogP contribution in [-0.4, -0.2) is 54.1 Å². The van der Waals surface area contributed by atoms with E-state index in [9.17, 15) is 14.4 Å². The van der Waals surface area contributed by atoms with Crippen LogP contribution in [0.1, 0.15) is 176 Å². The molecule has 0 aliphatic rings. The maximum absolute atomic E-state index is 12.6. The van der Waals surface area contributed by atoms with Gasteiger partial charge in [0.15, 0.2) is 0 Å². The molecule has 2 unspecified atom stereocenters. The summed E-state index contributed by atoms with van der Waals surface area (Å²) in [5, 5.41) is 3.01. The van der Waals surface area contributed by atoms with Gasteiger partial charge in [-0.3, -0.25) is 14.4 Å². The van der Waals surface area contributed by atoms with E-state index >= 15 is 0 Å². The first-order chi connectivity index (χ1) is 21.7. The van der Waals surface area contributed by atoms with Gasteiger partial charge in [0.2, 0.25) is 5.91 Å². The SMILES string of the molecule is CCCCCCCCCCCC(=O)OCC(CSC[C@H](N)C(=O)NC(C)CCC(C)C)OC(=O)CCCCCCCCCCC. The second kappa shape index (κ2) is 31.3. The minimum absolute atomic E-state index is 0.0421. The van der Waals surface area contributed by atoms with Crippen LogP contribution in [0.15, 0.2) is 0 Å². The zero-order valence-electron chi connectivity index (χ0n) is 30.0. The molecule has 0 aliphatic carbocycles. The van der Waals surface area contributed by atoms with Crippen LogP contribution in [0.25, 0.3) is 0 Å². The summed E-state index contributed by atoms with van der Waals surface area (Å²) in [6.45, 7) is 10.9. The smallest absolute Gasteiger partial charge is 0.306 e. The Morgan fingerprint density at radius 3 is 1.60 bits per heavy atom. The molecule has 0 aromatic carbocycles. The number of hydrogen-bond acceptors (Lipinski definition) is 7. The lowest BCUT2D eigenvalue weighted by molar-refractivity contribution is -0.157. The molecule has 266 valence electrons. The van der Waals surface area contributed by atoms with Crippen molar-refractivity contribution < 1.29 is 23.9 Å². The van der Waals surface area contributed by atoms with E-state index in [1.165, 1.54) is 88.8 Å². The third-order valence-electron chi connectivity index (χ3n) is 8.20. The summed E-state index contributed by atoms with van der Waals surface area (Å²) in [7, 11) is 0. The van der Waals surface area contributed by atoms with E-state index in [0.29, 0.717) is 30.3 Å². The molecule has 0 heterocycles. The predicted molar refractivity (Wildman–Crippen MR) is 192 cm³/mol. The number of amides is 1. The standard InChI is InChI=1S/C37H72N2O5S/c1-6-8-10-12-14-16-18-20-22-24-35(40)43-28-33(44-36(41)25-23-21-19-17-15-13-11-9-7-2)29-45-30-34(38)37(42)39-32(5)27-26-31(3)4/h31-34H,6-30,38H2,1-5H3,(H,39,42)/t32?,33?,34-/m0/s1. The van der Waals surface area contributed by atoms with Crippen LogP contribution in [0.3, 0.4) is 0 Å². The third-order valence-corrected chi connectivity index (χ3v) is 9.40. The number of nitrogens with two attached hydrogens (primary N) is 1. The minimum Gasteiger partial charge on any atom is -0.462 e. The molecule has 0 aromatic heterocycles. The molecule has 0 radical (unpaired) electrons. The monoisotopic (exact) mass is 657 g/mol. The first kappa shape index (κ1) is 43.7. The number of hydrogen-bond donors (Lipinski definition) is 2. The van der Waals surface area contributed by atoms with Crippen LogP contribution in [-0.2, 0) is 23.9 Å².